The molecule has 5 heteroatoms. The SMILES string of the molecule is CC(C)CN1C(=O)CSC1c1cc[n+](-c2ccc(Cl)cc2)cc1. The molecule has 2 heterocycles. The summed E-state index contributed by atoms with van der Waals surface area (Å²) in [5.41, 5.74) is 2.24. The smallest absolute Gasteiger partial charge is 0.233 e. The molecule has 0 spiro atoms. The predicted octanol–water partition coefficient (Wildman–Crippen LogP) is 3.85. The van der Waals surface area contributed by atoms with Gasteiger partial charge in [0.2, 0.25) is 11.6 Å². The number of carbonyl (C=O) groups is 1. The van der Waals surface area contributed by atoms with Gasteiger partial charge in [-0.05, 0) is 23.6 Å². The minimum absolute atomic E-state index is 0.129. The second-order valence-corrected chi connectivity index (χ2v) is 7.62. The minimum atomic E-state index is 0.129. The minimum Gasteiger partial charge on any atom is -0.326 e. The topological polar surface area (TPSA) is 24.2 Å². The van der Waals surface area contributed by atoms with Crippen molar-refractivity contribution in [2.75, 3.05) is 12.3 Å². The van der Waals surface area contributed by atoms with E-state index in [4.69, 9.17) is 11.6 Å². The van der Waals surface area contributed by atoms with E-state index in [9.17, 15) is 4.79 Å². The van der Waals surface area contributed by atoms with Crippen LogP contribution in [-0.2, 0) is 4.79 Å². The summed E-state index contributed by atoms with van der Waals surface area (Å²) in [6, 6.07) is 11.9. The number of halogens is 1. The van der Waals surface area contributed by atoms with E-state index in [1.807, 2.05) is 46.1 Å². The molecule has 0 bridgehead atoms. The van der Waals surface area contributed by atoms with Gasteiger partial charge >= 0.3 is 0 Å². The van der Waals surface area contributed by atoms with E-state index in [0.717, 1.165) is 17.3 Å². The lowest BCUT2D eigenvalue weighted by Crippen LogP contribution is -2.33. The lowest BCUT2D eigenvalue weighted by atomic mass is 10.1. The van der Waals surface area contributed by atoms with Crippen LogP contribution in [0.15, 0.2) is 48.8 Å². The average molecular weight is 348 g/mol. The highest BCUT2D eigenvalue weighted by atomic mass is 35.5. The first-order chi connectivity index (χ1) is 11.0. The number of aromatic nitrogens is 1. The maximum atomic E-state index is 12.1. The molecular formula is C18H20ClN2OS+. The van der Waals surface area contributed by atoms with Crippen molar-refractivity contribution >= 4 is 29.3 Å². The molecule has 0 aliphatic carbocycles. The quantitative estimate of drug-likeness (QED) is 0.785. The van der Waals surface area contributed by atoms with Crippen molar-refractivity contribution in [2.45, 2.75) is 19.2 Å². The number of thioether (sulfide) groups is 1. The maximum absolute atomic E-state index is 12.1. The van der Waals surface area contributed by atoms with Crippen LogP contribution in [0, 0.1) is 5.92 Å². The number of hydrogen-bond acceptors (Lipinski definition) is 2. The van der Waals surface area contributed by atoms with Crippen LogP contribution in [0.25, 0.3) is 5.69 Å². The van der Waals surface area contributed by atoms with E-state index < -0.39 is 0 Å². The average Bonchev–Trinajstić information content (AvgIpc) is 2.89. The molecule has 3 nitrogen and oxygen atoms in total. The Kier molecular flexibility index (Phi) is 4.93. The summed E-state index contributed by atoms with van der Waals surface area (Å²) < 4.78 is 2.05. The summed E-state index contributed by atoms with van der Waals surface area (Å²) in [6.45, 7) is 5.10. The normalized spacial score (nSPS) is 18.0. The third-order valence-electron chi connectivity index (χ3n) is 3.80. The first-order valence-corrected chi connectivity index (χ1v) is 9.15. The third-order valence-corrected chi connectivity index (χ3v) is 5.30. The number of nitrogens with zero attached hydrogens (tertiary/aromatic N) is 2. The van der Waals surface area contributed by atoms with Crippen molar-refractivity contribution in [3.63, 3.8) is 0 Å². The Morgan fingerprint density at radius 3 is 2.48 bits per heavy atom. The molecule has 3 rings (SSSR count). The number of amides is 1. The zero-order chi connectivity index (χ0) is 16.4. The van der Waals surface area contributed by atoms with Crippen LogP contribution < -0.4 is 4.57 Å². The van der Waals surface area contributed by atoms with Gasteiger partial charge in [-0.15, -0.1) is 11.8 Å². The van der Waals surface area contributed by atoms with Gasteiger partial charge in [0, 0.05) is 35.8 Å². The van der Waals surface area contributed by atoms with Crippen molar-refractivity contribution in [1.29, 1.82) is 0 Å². The Bertz CT molecular complexity index is 685. The van der Waals surface area contributed by atoms with Crippen LogP contribution in [0.5, 0.6) is 0 Å². The number of benzene rings is 1. The van der Waals surface area contributed by atoms with Crippen LogP contribution in [0.4, 0.5) is 0 Å². The monoisotopic (exact) mass is 347 g/mol. The number of hydrogen-bond donors (Lipinski definition) is 0. The second kappa shape index (κ2) is 6.93. The summed E-state index contributed by atoms with van der Waals surface area (Å²) in [7, 11) is 0. The first kappa shape index (κ1) is 16.3. The van der Waals surface area contributed by atoms with Crippen molar-refractivity contribution in [2.24, 2.45) is 5.92 Å². The Labute approximate surface area is 146 Å². The molecule has 0 radical (unpaired) electrons. The molecule has 1 saturated heterocycles. The zero-order valence-corrected chi connectivity index (χ0v) is 14.8. The van der Waals surface area contributed by atoms with Crippen molar-refractivity contribution in [1.82, 2.24) is 4.90 Å². The van der Waals surface area contributed by atoms with Crippen LogP contribution in [0.3, 0.4) is 0 Å². The van der Waals surface area contributed by atoms with E-state index >= 15 is 0 Å². The van der Waals surface area contributed by atoms with E-state index in [0.29, 0.717) is 11.7 Å². The Morgan fingerprint density at radius 1 is 1.22 bits per heavy atom. The van der Waals surface area contributed by atoms with Gasteiger partial charge in [-0.1, -0.05) is 25.4 Å². The molecular weight excluding hydrogens is 328 g/mol. The van der Waals surface area contributed by atoms with Crippen molar-refractivity contribution in [3.8, 4) is 5.69 Å². The van der Waals surface area contributed by atoms with Crippen molar-refractivity contribution in [3.05, 3.63) is 59.4 Å². The molecule has 1 aliphatic heterocycles. The standard InChI is InChI=1S/C18H20ClN2OS/c1-13(2)11-21-17(22)12-23-18(21)14-7-9-20(10-8-14)16-5-3-15(19)4-6-16/h3-10,13,18H,11-12H2,1-2H3/q+1. The summed E-state index contributed by atoms with van der Waals surface area (Å²) in [6.07, 6.45) is 4.07. The van der Waals surface area contributed by atoms with Gasteiger partial charge in [0.05, 0.1) is 5.75 Å². The lowest BCUT2D eigenvalue weighted by Gasteiger charge is -2.25. The third kappa shape index (κ3) is 3.70. The molecule has 1 fully saturated rings. The summed E-state index contributed by atoms with van der Waals surface area (Å²) >= 11 is 7.64. The van der Waals surface area contributed by atoms with Gasteiger partial charge in [-0.25, -0.2) is 0 Å². The fourth-order valence-corrected chi connectivity index (χ4v) is 4.03. The molecule has 120 valence electrons. The van der Waals surface area contributed by atoms with E-state index in [2.05, 4.69) is 26.0 Å². The zero-order valence-electron chi connectivity index (χ0n) is 13.3. The van der Waals surface area contributed by atoms with Crippen LogP contribution in [0.1, 0.15) is 24.8 Å². The maximum Gasteiger partial charge on any atom is 0.233 e. The highest BCUT2D eigenvalue weighted by Gasteiger charge is 2.33. The van der Waals surface area contributed by atoms with Gasteiger partial charge in [0.1, 0.15) is 5.37 Å². The fraction of sp³-hybridized carbons (Fsp3) is 0.333. The van der Waals surface area contributed by atoms with E-state index in [-0.39, 0.29) is 11.3 Å². The van der Waals surface area contributed by atoms with Crippen LogP contribution >= 0.6 is 23.4 Å². The van der Waals surface area contributed by atoms with Gasteiger partial charge in [0.25, 0.3) is 0 Å². The Hall–Kier alpha value is -1.52. The highest BCUT2D eigenvalue weighted by molar-refractivity contribution is 8.00. The molecule has 1 aromatic carbocycles. The second-order valence-electron chi connectivity index (χ2n) is 6.12. The van der Waals surface area contributed by atoms with Gasteiger partial charge in [-0.2, -0.15) is 4.57 Å². The predicted molar refractivity (Wildman–Crippen MR) is 94.7 cm³/mol. The lowest BCUT2D eigenvalue weighted by molar-refractivity contribution is -0.595. The molecule has 1 unspecified atom stereocenters. The number of rotatable bonds is 4. The molecule has 0 saturated carbocycles. The Morgan fingerprint density at radius 2 is 1.87 bits per heavy atom. The molecule has 1 atom stereocenters. The molecule has 1 aliphatic rings. The molecule has 2 aromatic rings. The fourth-order valence-electron chi connectivity index (χ4n) is 2.71. The summed E-state index contributed by atoms with van der Waals surface area (Å²) in [4.78, 5) is 14.1. The summed E-state index contributed by atoms with van der Waals surface area (Å²) in [5, 5.41) is 0.862. The molecule has 23 heavy (non-hydrogen) atoms. The summed E-state index contributed by atoms with van der Waals surface area (Å²) in [5.74, 6) is 1.29. The largest absolute Gasteiger partial charge is 0.326 e. The van der Waals surface area contributed by atoms with E-state index in [1.165, 1.54) is 5.56 Å². The molecule has 1 amide bonds. The van der Waals surface area contributed by atoms with Gasteiger partial charge < -0.3 is 4.90 Å². The van der Waals surface area contributed by atoms with Crippen LogP contribution in [0.2, 0.25) is 5.02 Å². The number of pyridine rings is 1. The van der Waals surface area contributed by atoms with Gasteiger partial charge in [-0.3, -0.25) is 4.79 Å². The first-order valence-electron chi connectivity index (χ1n) is 7.73. The molecule has 0 N–H and O–H groups in total. The van der Waals surface area contributed by atoms with E-state index in [1.54, 1.807) is 11.8 Å². The number of carbonyl (C=O) groups excluding carboxylic acids is 1. The molecule has 1 aromatic heterocycles. The Balaban J connectivity index is 1.81. The van der Waals surface area contributed by atoms with Crippen LogP contribution in [-0.4, -0.2) is 23.1 Å². The van der Waals surface area contributed by atoms with Gasteiger partial charge in [0.15, 0.2) is 12.4 Å². The highest BCUT2D eigenvalue weighted by Crippen LogP contribution is 2.38. The van der Waals surface area contributed by atoms with Crippen molar-refractivity contribution < 1.29 is 9.36 Å².